The number of carbonyl (C=O) groups is 1. The Balaban J connectivity index is 2.01. The highest BCUT2D eigenvalue weighted by molar-refractivity contribution is 5.93. The molecule has 1 aromatic heterocycles. The van der Waals surface area contributed by atoms with E-state index in [2.05, 4.69) is 27.2 Å². The summed E-state index contributed by atoms with van der Waals surface area (Å²) in [6, 6.07) is 0.309. The lowest BCUT2D eigenvalue weighted by atomic mass is 10.3. The Morgan fingerprint density at radius 1 is 1.62 bits per heavy atom. The van der Waals surface area contributed by atoms with E-state index in [1.165, 1.54) is 0 Å². The monoisotopic (exact) mass is 181 g/mol. The third-order valence-electron chi connectivity index (χ3n) is 2.29. The molecule has 13 heavy (non-hydrogen) atoms. The number of aromatic nitrogens is 2. The molecular formula is C8H11N3O2. The van der Waals surface area contributed by atoms with Gasteiger partial charge in [0, 0.05) is 6.04 Å². The topological polar surface area (TPSA) is 68.0 Å². The molecular weight excluding hydrogens is 170 g/mol. The number of nitrogens with one attached hydrogen (secondary N) is 1. The molecule has 1 fully saturated rings. The molecule has 2 unspecified atom stereocenters. The van der Waals surface area contributed by atoms with Crippen LogP contribution < -0.4 is 5.32 Å². The van der Waals surface area contributed by atoms with E-state index in [1.54, 1.807) is 6.92 Å². The van der Waals surface area contributed by atoms with Crippen molar-refractivity contribution < 1.29 is 9.42 Å². The van der Waals surface area contributed by atoms with Crippen molar-refractivity contribution in [2.24, 2.45) is 5.92 Å². The second kappa shape index (κ2) is 2.83. The van der Waals surface area contributed by atoms with Gasteiger partial charge in [-0.05, 0) is 24.4 Å². The molecule has 1 amide bonds. The predicted octanol–water partition coefficient (Wildman–Crippen LogP) is 0.516. The summed E-state index contributed by atoms with van der Waals surface area (Å²) in [6.07, 6.45) is 1.05. The summed E-state index contributed by atoms with van der Waals surface area (Å²) in [6.45, 7) is 3.79. The Bertz CT molecular complexity index is 334. The molecule has 1 saturated carbocycles. The van der Waals surface area contributed by atoms with Crippen LogP contribution in [-0.4, -0.2) is 22.3 Å². The van der Waals surface area contributed by atoms with E-state index < -0.39 is 0 Å². The van der Waals surface area contributed by atoms with Gasteiger partial charge < -0.3 is 5.32 Å². The van der Waals surface area contributed by atoms with E-state index in [0.717, 1.165) is 6.42 Å². The third-order valence-corrected chi connectivity index (χ3v) is 2.29. The average molecular weight is 181 g/mol. The number of rotatable bonds is 2. The zero-order chi connectivity index (χ0) is 9.42. The van der Waals surface area contributed by atoms with Crippen molar-refractivity contribution in [3.63, 3.8) is 0 Å². The van der Waals surface area contributed by atoms with Crippen LogP contribution in [0.2, 0.25) is 0 Å². The number of amides is 1. The standard InChI is InChI=1S/C8H11N3O2/c1-4-3-6(4)9-8(12)7-5(2)10-13-11-7/h4,6H,3H2,1-2H3,(H,9,12). The lowest BCUT2D eigenvalue weighted by Crippen LogP contribution is -2.27. The van der Waals surface area contributed by atoms with Crippen LogP contribution in [0.15, 0.2) is 4.63 Å². The maximum absolute atomic E-state index is 11.4. The van der Waals surface area contributed by atoms with Crippen LogP contribution in [0.4, 0.5) is 0 Å². The van der Waals surface area contributed by atoms with Gasteiger partial charge in [0.2, 0.25) is 0 Å². The molecule has 2 rings (SSSR count). The number of hydrogen-bond acceptors (Lipinski definition) is 4. The second-order valence-electron chi connectivity index (χ2n) is 3.49. The normalized spacial score (nSPS) is 25.7. The smallest absolute Gasteiger partial charge is 0.275 e. The van der Waals surface area contributed by atoms with Crippen molar-refractivity contribution in [3.05, 3.63) is 11.4 Å². The molecule has 1 heterocycles. The summed E-state index contributed by atoms with van der Waals surface area (Å²) < 4.78 is 4.43. The van der Waals surface area contributed by atoms with Gasteiger partial charge in [-0.2, -0.15) is 0 Å². The van der Waals surface area contributed by atoms with Gasteiger partial charge in [-0.25, -0.2) is 4.63 Å². The van der Waals surface area contributed by atoms with Crippen molar-refractivity contribution in [2.45, 2.75) is 26.3 Å². The maximum Gasteiger partial charge on any atom is 0.275 e. The highest BCUT2D eigenvalue weighted by atomic mass is 16.6. The minimum Gasteiger partial charge on any atom is -0.348 e. The summed E-state index contributed by atoms with van der Waals surface area (Å²) in [5.74, 6) is 0.400. The predicted molar refractivity (Wildman–Crippen MR) is 44.1 cm³/mol. The lowest BCUT2D eigenvalue weighted by Gasteiger charge is -1.98. The molecule has 0 bridgehead atoms. The summed E-state index contributed by atoms with van der Waals surface area (Å²) in [4.78, 5) is 11.4. The first-order valence-corrected chi connectivity index (χ1v) is 4.28. The summed E-state index contributed by atoms with van der Waals surface area (Å²) in [5.41, 5.74) is 0.824. The largest absolute Gasteiger partial charge is 0.348 e. The van der Waals surface area contributed by atoms with E-state index in [0.29, 0.717) is 23.3 Å². The molecule has 2 atom stereocenters. The van der Waals surface area contributed by atoms with E-state index in [4.69, 9.17) is 0 Å². The number of aryl methyl sites for hydroxylation is 1. The van der Waals surface area contributed by atoms with Gasteiger partial charge in [0.15, 0.2) is 5.69 Å². The van der Waals surface area contributed by atoms with Gasteiger partial charge in [0.05, 0.1) is 0 Å². The fourth-order valence-electron chi connectivity index (χ4n) is 1.20. The first-order valence-electron chi connectivity index (χ1n) is 4.28. The van der Waals surface area contributed by atoms with E-state index in [1.807, 2.05) is 0 Å². The molecule has 0 spiro atoms. The van der Waals surface area contributed by atoms with Crippen LogP contribution in [0, 0.1) is 12.8 Å². The Hall–Kier alpha value is -1.39. The molecule has 70 valence electrons. The van der Waals surface area contributed by atoms with Gasteiger partial charge in [-0.15, -0.1) is 0 Å². The van der Waals surface area contributed by atoms with Crippen LogP contribution in [0.25, 0.3) is 0 Å². The van der Waals surface area contributed by atoms with Crippen molar-refractivity contribution in [3.8, 4) is 0 Å². The molecule has 1 N–H and O–H groups in total. The van der Waals surface area contributed by atoms with Crippen LogP contribution >= 0.6 is 0 Å². The van der Waals surface area contributed by atoms with Crippen LogP contribution in [0.3, 0.4) is 0 Å². The SMILES string of the molecule is Cc1nonc1C(=O)NC1CC1C. The zero-order valence-electron chi connectivity index (χ0n) is 7.57. The molecule has 5 heteroatoms. The first-order chi connectivity index (χ1) is 6.18. The number of carbonyl (C=O) groups excluding carboxylic acids is 1. The summed E-state index contributed by atoms with van der Waals surface area (Å²) >= 11 is 0. The molecule has 1 aromatic rings. The summed E-state index contributed by atoms with van der Waals surface area (Å²) in [7, 11) is 0. The fraction of sp³-hybridized carbons (Fsp3) is 0.625. The Labute approximate surface area is 75.5 Å². The number of hydrogen-bond donors (Lipinski definition) is 1. The van der Waals surface area contributed by atoms with Gasteiger partial charge in [0.1, 0.15) is 5.69 Å². The number of nitrogens with zero attached hydrogens (tertiary/aromatic N) is 2. The summed E-state index contributed by atoms with van der Waals surface area (Å²) in [5, 5.41) is 9.91. The first kappa shape index (κ1) is 8.22. The minimum atomic E-state index is -0.187. The van der Waals surface area contributed by atoms with Crippen molar-refractivity contribution in [1.29, 1.82) is 0 Å². The highest BCUT2D eigenvalue weighted by Gasteiger charge is 2.34. The van der Waals surface area contributed by atoms with Crippen molar-refractivity contribution in [2.75, 3.05) is 0 Å². The highest BCUT2D eigenvalue weighted by Crippen LogP contribution is 2.29. The second-order valence-corrected chi connectivity index (χ2v) is 3.49. The maximum atomic E-state index is 11.4. The van der Waals surface area contributed by atoms with Crippen LogP contribution in [0.1, 0.15) is 29.5 Å². The molecule has 0 aromatic carbocycles. The Morgan fingerprint density at radius 2 is 2.31 bits per heavy atom. The Kier molecular flexibility index (Phi) is 1.79. The van der Waals surface area contributed by atoms with Crippen molar-refractivity contribution in [1.82, 2.24) is 15.6 Å². The molecule has 1 aliphatic carbocycles. The van der Waals surface area contributed by atoms with Crippen LogP contribution in [-0.2, 0) is 0 Å². The van der Waals surface area contributed by atoms with Gasteiger partial charge in [-0.3, -0.25) is 4.79 Å². The molecule has 1 aliphatic rings. The van der Waals surface area contributed by atoms with Crippen LogP contribution in [0.5, 0.6) is 0 Å². The van der Waals surface area contributed by atoms with E-state index in [-0.39, 0.29) is 5.91 Å². The van der Waals surface area contributed by atoms with E-state index in [9.17, 15) is 4.79 Å². The quantitative estimate of drug-likeness (QED) is 0.722. The zero-order valence-corrected chi connectivity index (χ0v) is 7.57. The fourth-order valence-corrected chi connectivity index (χ4v) is 1.20. The average Bonchev–Trinajstić information content (AvgIpc) is 2.62. The van der Waals surface area contributed by atoms with Gasteiger partial charge in [0.25, 0.3) is 5.91 Å². The Morgan fingerprint density at radius 3 is 2.77 bits per heavy atom. The third kappa shape index (κ3) is 1.54. The molecule has 5 nitrogen and oxygen atoms in total. The van der Waals surface area contributed by atoms with Gasteiger partial charge in [-0.1, -0.05) is 12.1 Å². The van der Waals surface area contributed by atoms with Crippen molar-refractivity contribution >= 4 is 5.91 Å². The molecule has 0 radical (unpaired) electrons. The lowest BCUT2D eigenvalue weighted by molar-refractivity contribution is 0.0939. The van der Waals surface area contributed by atoms with E-state index >= 15 is 0 Å². The van der Waals surface area contributed by atoms with Gasteiger partial charge >= 0.3 is 0 Å². The minimum absolute atomic E-state index is 0.187. The molecule has 0 aliphatic heterocycles. The molecule has 0 saturated heterocycles.